The van der Waals surface area contributed by atoms with Crippen LogP contribution >= 0.6 is 0 Å². The number of nitrogens with zero attached hydrogens (tertiary/aromatic N) is 4. The van der Waals surface area contributed by atoms with Gasteiger partial charge in [0.05, 0.1) is 18.9 Å². The fourth-order valence-corrected chi connectivity index (χ4v) is 3.05. The van der Waals surface area contributed by atoms with Crippen LogP contribution in [0, 0.1) is 0 Å². The number of hydrogen-bond acceptors (Lipinski definition) is 5. The van der Waals surface area contributed by atoms with E-state index >= 15 is 4.39 Å². The summed E-state index contributed by atoms with van der Waals surface area (Å²) in [6.07, 6.45) is 5.07. The number of aromatic nitrogens is 4. The molecule has 0 atom stereocenters. The Balaban J connectivity index is 1.99. The van der Waals surface area contributed by atoms with Crippen LogP contribution in [0.3, 0.4) is 0 Å². The monoisotopic (exact) mass is 362 g/mol. The number of rotatable bonds is 4. The molecule has 0 amide bonds. The highest BCUT2D eigenvalue weighted by molar-refractivity contribution is 5.85. The van der Waals surface area contributed by atoms with Crippen molar-refractivity contribution in [3.63, 3.8) is 0 Å². The SMILES string of the molecule is CC(C)(C)c1nc(-c2cncc(C(=O)O)n2)cn1CC1(F)CCOCC1. The van der Waals surface area contributed by atoms with Crippen LogP contribution in [0.2, 0.25) is 0 Å². The number of carboxylic acids is 1. The van der Waals surface area contributed by atoms with Crippen molar-refractivity contribution in [2.24, 2.45) is 0 Å². The van der Waals surface area contributed by atoms with E-state index in [1.807, 2.05) is 25.3 Å². The topological polar surface area (TPSA) is 90.1 Å². The zero-order chi connectivity index (χ0) is 18.9. The minimum atomic E-state index is -1.34. The standard InChI is InChI=1S/C18H23FN4O3/c1-17(2,3)16-22-14(12-8-20-9-13(21-12)15(24)25)10-23(16)11-18(19)4-6-26-7-5-18/h8-10H,4-7,11H2,1-3H3,(H,24,25). The van der Waals surface area contributed by atoms with Crippen molar-refractivity contribution in [2.45, 2.75) is 51.2 Å². The Morgan fingerprint density at radius 1 is 1.27 bits per heavy atom. The molecule has 1 N–H and O–H groups in total. The van der Waals surface area contributed by atoms with Crippen molar-refractivity contribution in [2.75, 3.05) is 13.2 Å². The molecule has 1 fully saturated rings. The lowest BCUT2D eigenvalue weighted by Crippen LogP contribution is -2.37. The molecule has 1 aliphatic rings. The van der Waals surface area contributed by atoms with E-state index in [2.05, 4.69) is 15.0 Å². The Kier molecular flexibility index (Phi) is 4.79. The lowest BCUT2D eigenvalue weighted by molar-refractivity contribution is -0.0184. The maximum atomic E-state index is 15.2. The maximum absolute atomic E-state index is 15.2. The highest BCUT2D eigenvalue weighted by Gasteiger charge is 2.35. The summed E-state index contributed by atoms with van der Waals surface area (Å²) in [7, 11) is 0. The van der Waals surface area contributed by atoms with Gasteiger partial charge in [0.2, 0.25) is 0 Å². The van der Waals surface area contributed by atoms with Gasteiger partial charge < -0.3 is 14.4 Å². The molecule has 0 aromatic carbocycles. The zero-order valence-electron chi connectivity index (χ0n) is 15.2. The summed E-state index contributed by atoms with van der Waals surface area (Å²) in [4.78, 5) is 23.8. The van der Waals surface area contributed by atoms with Crippen LogP contribution in [-0.4, -0.2) is 49.5 Å². The number of imidazole rings is 1. The van der Waals surface area contributed by atoms with Crippen LogP contribution in [0.1, 0.15) is 49.9 Å². The van der Waals surface area contributed by atoms with Gasteiger partial charge in [0.25, 0.3) is 0 Å². The number of carbonyl (C=O) groups is 1. The lowest BCUT2D eigenvalue weighted by atomic mass is 9.93. The third-order valence-electron chi connectivity index (χ3n) is 4.41. The Morgan fingerprint density at radius 2 is 1.96 bits per heavy atom. The van der Waals surface area contributed by atoms with Crippen molar-refractivity contribution in [3.05, 3.63) is 30.1 Å². The summed E-state index contributed by atoms with van der Waals surface area (Å²) in [6.45, 7) is 7.02. The van der Waals surface area contributed by atoms with Crippen LogP contribution < -0.4 is 0 Å². The average Bonchev–Trinajstić information content (AvgIpc) is 2.99. The molecule has 3 heterocycles. The first-order valence-corrected chi connectivity index (χ1v) is 8.58. The number of carboxylic acid groups (broad SMARTS) is 1. The van der Waals surface area contributed by atoms with E-state index in [0.29, 0.717) is 37.4 Å². The molecule has 7 nitrogen and oxygen atoms in total. The minimum absolute atomic E-state index is 0.152. The van der Waals surface area contributed by atoms with E-state index in [9.17, 15) is 4.79 Å². The van der Waals surface area contributed by atoms with Crippen LogP contribution in [0.5, 0.6) is 0 Å². The Labute approximate surface area is 151 Å². The molecule has 1 aliphatic heterocycles. The molecular weight excluding hydrogens is 339 g/mol. The third kappa shape index (κ3) is 3.90. The second kappa shape index (κ2) is 6.75. The number of aromatic carboxylic acids is 1. The maximum Gasteiger partial charge on any atom is 0.356 e. The highest BCUT2D eigenvalue weighted by atomic mass is 19.1. The van der Waals surface area contributed by atoms with Crippen molar-refractivity contribution in [1.82, 2.24) is 19.5 Å². The summed E-state index contributed by atoms with van der Waals surface area (Å²) in [5.41, 5.74) is -0.960. The summed E-state index contributed by atoms with van der Waals surface area (Å²) in [5, 5.41) is 9.11. The Hall–Kier alpha value is -2.35. The van der Waals surface area contributed by atoms with Gasteiger partial charge in [-0.05, 0) is 0 Å². The fourth-order valence-electron chi connectivity index (χ4n) is 3.05. The van der Waals surface area contributed by atoms with Crippen LogP contribution in [0.4, 0.5) is 4.39 Å². The molecule has 2 aromatic rings. The number of hydrogen-bond donors (Lipinski definition) is 1. The normalized spacial score (nSPS) is 17.2. The van der Waals surface area contributed by atoms with E-state index in [1.165, 1.54) is 12.4 Å². The van der Waals surface area contributed by atoms with Crippen molar-refractivity contribution in [3.8, 4) is 11.4 Å². The average molecular weight is 362 g/mol. The first-order chi connectivity index (χ1) is 12.2. The van der Waals surface area contributed by atoms with Gasteiger partial charge in [0, 0.05) is 37.7 Å². The van der Waals surface area contributed by atoms with Gasteiger partial charge in [-0.25, -0.2) is 19.2 Å². The van der Waals surface area contributed by atoms with E-state index in [-0.39, 0.29) is 17.7 Å². The van der Waals surface area contributed by atoms with Crippen molar-refractivity contribution >= 4 is 5.97 Å². The first kappa shape index (κ1) is 18.4. The molecule has 0 unspecified atom stereocenters. The van der Waals surface area contributed by atoms with Gasteiger partial charge in [-0.1, -0.05) is 20.8 Å². The van der Waals surface area contributed by atoms with E-state index in [4.69, 9.17) is 9.84 Å². The molecule has 2 aromatic heterocycles. The smallest absolute Gasteiger partial charge is 0.356 e. The first-order valence-electron chi connectivity index (χ1n) is 8.58. The molecular formula is C18H23FN4O3. The number of ether oxygens (including phenoxy) is 1. The van der Waals surface area contributed by atoms with Crippen LogP contribution in [-0.2, 0) is 16.7 Å². The fraction of sp³-hybridized carbons (Fsp3) is 0.556. The van der Waals surface area contributed by atoms with Crippen molar-refractivity contribution in [1.29, 1.82) is 0 Å². The number of alkyl halides is 1. The molecule has 8 heteroatoms. The van der Waals surface area contributed by atoms with Crippen molar-refractivity contribution < 1.29 is 19.0 Å². The quantitative estimate of drug-likeness (QED) is 0.899. The van der Waals surface area contributed by atoms with E-state index in [1.54, 1.807) is 6.20 Å². The van der Waals surface area contributed by atoms with Gasteiger partial charge in [0.15, 0.2) is 5.69 Å². The second-order valence-corrected chi connectivity index (χ2v) is 7.69. The molecule has 0 bridgehead atoms. The Bertz CT molecular complexity index is 807. The van der Waals surface area contributed by atoms with Gasteiger partial charge in [-0.15, -0.1) is 0 Å². The van der Waals surface area contributed by atoms with E-state index < -0.39 is 11.6 Å². The summed E-state index contributed by atoms with van der Waals surface area (Å²) in [6, 6.07) is 0. The summed E-state index contributed by atoms with van der Waals surface area (Å²) >= 11 is 0. The summed E-state index contributed by atoms with van der Waals surface area (Å²) in [5.74, 6) is -0.432. The van der Waals surface area contributed by atoms with E-state index in [0.717, 1.165) is 5.82 Å². The number of halogens is 1. The molecule has 0 saturated carbocycles. The molecule has 26 heavy (non-hydrogen) atoms. The third-order valence-corrected chi connectivity index (χ3v) is 4.41. The predicted molar refractivity (Wildman–Crippen MR) is 92.8 cm³/mol. The molecule has 140 valence electrons. The second-order valence-electron chi connectivity index (χ2n) is 7.69. The van der Waals surface area contributed by atoms with Gasteiger partial charge in [-0.2, -0.15) is 0 Å². The Morgan fingerprint density at radius 3 is 2.58 bits per heavy atom. The van der Waals surface area contributed by atoms with Crippen LogP contribution in [0.25, 0.3) is 11.4 Å². The molecule has 0 radical (unpaired) electrons. The van der Waals surface area contributed by atoms with Gasteiger partial charge in [-0.3, -0.25) is 4.98 Å². The molecule has 3 rings (SSSR count). The molecule has 1 saturated heterocycles. The van der Waals surface area contributed by atoms with Gasteiger partial charge >= 0.3 is 5.97 Å². The molecule has 0 aliphatic carbocycles. The lowest BCUT2D eigenvalue weighted by Gasteiger charge is -2.31. The highest BCUT2D eigenvalue weighted by Crippen LogP contribution is 2.31. The largest absolute Gasteiger partial charge is 0.476 e. The molecule has 0 spiro atoms. The van der Waals surface area contributed by atoms with Crippen LogP contribution in [0.15, 0.2) is 18.6 Å². The minimum Gasteiger partial charge on any atom is -0.476 e. The van der Waals surface area contributed by atoms with Gasteiger partial charge in [0.1, 0.15) is 22.9 Å². The summed E-state index contributed by atoms with van der Waals surface area (Å²) < 4.78 is 22.3. The zero-order valence-corrected chi connectivity index (χ0v) is 15.2. The predicted octanol–water partition coefficient (Wildman–Crippen LogP) is 2.85.